The summed E-state index contributed by atoms with van der Waals surface area (Å²) < 4.78 is 7.18. The highest BCUT2D eigenvalue weighted by Crippen LogP contribution is 2.68. The van der Waals surface area contributed by atoms with Gasteiger partial charge in [0.15, 0.2) is 5.78 Å². The van der Waals surface area contributed by atoms with Crippen LogP contribution in [0.3, 0.4) is 0 Å². The molecule has 4 aliphatic carbocycles. The van der Waals surface area contributed by atoms with Crippen molar-refractivity contribution in [1.82, 2.24) is 5.32 Å². The van der Waals surface area contributed by atoms with Gasteiger partial charge in [-0.05, 0) is 128 Å². The number of fused-ring (bicyclic) bond motifs is 2. The Kier molecular flexibility index (Phi) is 12.6. The van der Waals surface area contributed by atoms with E-state index in [4.69, 9.17) is 16.3 Å². The zero-order valence-electron chi connectivity index (χ0n) is 33.6. The molecule has 1 aromatic rings. The number of ketones is 1. The fourth-order valence-electron chi connectivity index (χ4n) is 11.7. The summed E-state index contributed by atoms with van der Waals surface area (Å²) in [6, 6.07) is 7.37. The van der Waals surface area contributed by atoms with E-state index in [2.05, 4.69) is 75.5 Å². The first-order valence-corrected chi connectivity index (χ1v) is 21.9. The molecule has 0 spiro atoms. The van der Waals surface area contributed by atoms with Crippen LogP contribution in [0.4, 0.5) is 0 Å². The molecule has 3 saturated carbocycles. The number of rotatable bonds is 12. The van der Waals surface area contributed by atoms with Gasteiger partial charge in [-0.3, -0.25) is 14.4 Å². The number of carbonyl (C=O) groups excluding carboxylic acids is 4. The number of hydrogen-bond donors (Lipinski definition) is 1. The number of alkyl halides is 1. The van der Waals surface area contributed by atoms with Crippen LogP contribution in [0.25, 0.3) is 0 Å². The van der Waals surface area contributed by atoms with Gasteiger partial charge in [0.05, 0.1) is 12.5 Å². The second kappa shape index (κ2) is 15.9. The second-order valence-corrected chi connectivity index (χ2v) is 20.8. The molecular formula is C45H63ClINO5. The number of nitrogens with one attached hydrogen (secondary N) is 1. The van der Waals surface area contributed by atoms with Gasteiger partial charge in [-0.15, -0.1) is 0 Å². The Morgan fingerprint density at radius 2 is 1.75 bits per heavy atom. The van der Waals surface area contributed by atoms with Crippen molar-refractivity contribution < 1.29 is 23.9 Å². The van der Waals surface area contributed by atoms with Crippen molar-refractivity contribution in [1.29, 1.82) is 0 Å². The van der Waals surface area contributed by atoms with E-state index in [0.29, 0.717) is 23.3 Å². The molecule has 0 bridgehead atoms. The summed E-state index contributed by atoms with van der Waals surface area (Å²) in [5, 5.41) is 3.76. The van der Waals surface area contributed by atoms with Crippen molar-refractivity contribution in [3.05, 3.63) is 58.1 Å². The molecule has 292 valence electrons. The molecule has 1 N–H and O–H groups in total. The van der Waals surface area contributed by atoms with Gasteiger partial charge in [-0.2, -0.15) is 0 Å². The number of hydrogen-bond acceptors (Lipinski definition) is 5. The van der Waals surface area contributed by atoms with Crippen LogP contribution in [-0.4, -0.2) is 34.5 Å². The van der Waals surface area contributed by atoms with Gasteiger partial charge in [-0.25, -0.2) is 0 Å². The average Bonchev–Trinajstić information content (AvgIpc) is 3.37. The lowest BCUT2D eigenvalue weighted by Crippen LogP contribution is -2.56. The Hall–Kier alpha value is -2.00. The molecule has 8 atom stereocenters. The van der Waals surface area contributed by atoms with Crippen LogP contribution in [0.2, 0.25) is 5.02 Å². The maximum atomic E-state index is 14.0. The summed E-state index contributed by atoms with van der Waals surface area (Å²) in [6.07, 6.45) is 13.1. The SMILES string of the molecule is CC(C)C1=C2C(CCI)C(C3(C)CCC4C(C)(CCC(OC(=O)CC(C)(C)C=O)C4(C)C)C3)CCC2(/C=C/C(=O)NC(C)c2cccc(Cl)c2)CC1=O. The Labute approximate surface area is 337 Å². The molecular weight excluding hydrogens is 797 g/mol. The molecule has 4 aliphatic rings. The lowest BCUT2D eigenvalue weighted by molar-refractivity contribution is -0.184. The molecule has 0 heterocycles. The van der Waals surface area contributed by atoms with E-state index < -0.39 is 10.8 Å². The Morgan fingerprint density at radius 3 is 2.40 bits per heavy atom. The van der Waals surface area contributed by atoms with Gasteiger partial charge < -0.3 is 14.8 Å². The van der Waals surface area contributed by atoms with E-state index >= 15 is 0 Å². The minimum Gasteiger partial charge on any atom is -0.462 e. The monoisotopic (exact) mass is 859 g/mol. The number of amides is 1. The topological polar surface area (TPSA) is 89.5 Å². The molecule has 8 unspecified atom stereocenters. The summed E-state index contributed by atoms with van der Waals surface area (Å²) in [4.78, 5) is 51.9. The minimum atomic E-state index is -0.726. The number of ether oxygens (including phenoxy) is 1. The van der Waals surface area contributed by atoms with Gasteiger partial charge in [0.1, 0.15) is 12.4 Å². The summed E-state index contributed by atoms with van der Waals surface area (Å²) in [5.74, 6) is 1.06. The Morgan fingerprint density at radius 1 is 1.06 bits per heavy atom. The quantitative estimate of drug-likeness (QED) is 0.0743. The molecule has 0 saturated heterocycles. The van der Waals surface area contributed by atoms with E-state index in [0.717, 1.165) is 73.2 Å². The van der Waals surface area contributed by atoms with Gasteiger partial charge in [-0.1, -0.05) is 108 Å². The predicted octanol–water partition coefficient (Wildman–Crippen LogP) is 11.0. The van der Waals surface area contributed by atoms with Crippen LogP contribution in [0, 0.1) is 50.7 Å². The Balaban J connectivity index is 1.40. The van der Waals surface area contributed by atoms with Crippen LogP contribution in [0.1, 0.15) is 138 Å². The van der Waals surface area contributed by atoms with E-state index in [1.165, 1.54) is 5.57 Å². The van der Waals surface area contributed by atoms with Crippen LogP contribution < -0.4 is 5.32 Å². The van der Waals surface area contributed by atoms with Crippen LogP contribution >= 0.6 is 34.2 Å². The van der Waals surface area contributed by atoms with Crippen molar-refractivity contribution in [2.75, 3.05) is 4.43 Å². The summed E-state index contributed by atoms with van der Waals surface area (Å²) in [5.41, 5.74) is 2.13. The Bertz CT molecular complexity index is 1650. The fourth-order valence-corrected chi connectivity index (χ4v) is 12.6. The zero-order chi connectivity index (χ0) is 39.1. The molecule has 1 aromatic carbocycles. The molecule has 0 aromatic heterocycles. The first-order valence-electron chi connectivity index (χ1n) is 20.0. The number of allylic oxidation sites excluding steroid dienone is 3. The maximum Gasteiger partial charge on any atom is 0.307 e. The zero-order valence-corrected chi connectivity index (χ0v) is 36.5. The minimum absolute atomic E-state index is 0.0929. The fraction of sp³-hybridized carbons (Fsp3) is 0.689. The first-order chi connectivity index (χ1) is 24.7. The van der Waals surface area contributed by atoms with E-state index in [1.54, 1.807) is 19.9 Å². The molecule has 8 heteroatoms. The van der Waals surface area contributed by atoms with Gasteiger partial charge in [0, 0.05) is 32.1 Å². The number of esters is 1. The number of carbonyl (C=O) groups is 4. The summed E-state index contributed by atoms with van der Waals surface area (Å²) in [7, 11) is 0. The van der Waals surface area contributed by atoms with Crippen molar-refractivity contribution in [2.24, 2.45) is 50.7 Å². The summed E-state index contributed by atoms with van der Waals surface area (Å²) in [6.45, 7) is 19.4. The molecule has 1 amide bonds. The lowest BCUT2D eigenvalue weighted by Gasteiger charge is -2.62. The molecule has 0 radical (unpaired) electrons. The lowest BCUT2D eigenvalue weighted by atomic mass is 9.43. The molecule has 6 nitrogen and oxygen atoms in total. The number of aldehydes is 1. The standard InChI is InChI=1S/C45H63ClINO5/c1-28(2)39-34(50)24-45(21-16-37(51)48-29(3)30-11-10-12-31(46)23-30)20-13-33(32(17-22-47)40(39)45)43(8)18-14-35-42(6,7)36(15-19-44(35,9)26-43)53-38(52)25-41(4,5)27-49/h10-12,16,21,23,27-29,32-33,35-36H,13-15,17-20,22,24-26H2,1-9H3,(H,48,51)/b21-16+. The second-order valence-electron chi connectivity index (χ2n) is 19.3. The van der Waals surface area contributed by atoms with Crippen LogP contribution in [0.5, 0.6) is 0 Å². The third-order valence-electron chi connectivity index (χ3n) is 14.1. The van der Waals surface area contributed by atoms with E-state index in [1.807, 2.05) is 31.2 Å². The first kappa shape index (κ1) is 42.1. The summed E-state index contributed by atoms with van der Waals surface area (Å²) >= 11 is 8.74. The van der Waals surface area contributed by atoms with Gasteiger partial charge in [0.25, 0.3) is 0 Å². The molecule has 3 fully saturated rings. The van der Waals surface area contributed by atoms with Gasteiger partial charge in [0.2, 0.25) is 5.91 Å². The van der Waals surface area contributed by atoms with Crippen LogP contribution in [0.15, 0.2) is 47.6 Å². The molecule has 5 rings (SSSR count). The van der Waals surface area contributed by atoms with E-state index in [9.17, 15) is 19.2 Å². The highest BCUT2D eigenvalue weighted by atomic mass is 127. The highest BCUT2D eigenvalue weighted by Gasteiger charge is 2.61. The van der Waals surface area contributed by atoms with Crippen molar-refractivity contribution in [3.8, 4) is 0 Å². The van der Waals surface area contributed by atoms with Crippen molar-refractivity contribution >= 4 is 58.1 Å². The number of Topliss-reactive ketones (excluding diaryl/α,β-unsaturated/α-hetero) is 1. The average molecular weight is 860 g/mol. The molecule has 0 aliphatic heterocycles. The van der Waals surface area contributed by atoms with Crippen molar-refractivity contribution in [3.63, 3.8) is 0 Å². The molecule has 53 heavy (non-hydrogen) atoms. The number of benzene rings is 1. The normalized spacial score (nSPS) is 33.4. The maximum absolute atomic E-state index is 14.0. The smallest absolute Gasteiger partial charge is 0.307 e. The van der Waals surface area contributed by atoms with Crippen LogP contribution in [-0.2, 0) is 23.9 Å². The predicted molar refractivity (Wildman–Crippen MR) is 222 cm³/mol. The highest BCUT2D eigenvalue weighted by molar-refractivity contribution is 14.1. The third kappa shape index (κ3) is 8.56. The largest absolute Gasteiger partial charge is 0.462 e. The van der Waals surface area contributed by atoms with E-state index in [-0.39, 0.29) is 64.3 Å². The number of halogens is 2. The third-order valence-corrected chi connectivity index (χ3v) is 14.9. The van der Waals surface area contributed by atoms with Crippen molar-refractivity contribution in [2.45, 2.75) is 139 Å². The van der Waals surface area contributed by atoms with Gasteiger partial charge >= 0.3 is 5.97 Å².